The van der Waals surface area contributed by atoms with Gasteiger partial charge in [-0.2, -0.15) is 17.5 Å². The third-order valence-electron chi connectivity index (χ3n) is 3.22. The highest BCUT2D eigenvalue weighted by atomic mass is 32.1. The fourth-order valence-corrected chi connectivity index (χ4v) is 4.84. The molecule has 0 bridgehead atoms. The summed E-state index contributed by atoms with van der Waals surface area (Å²) in [6, 6.07) is 0. The molecule has 0 saturated heterocycles. The second kappa shape index (κ2) is 4.81. The molecule has 1 aromatic carbocycles. The van der Waals surface area contributed by atoms with Crippen LogP contribution in [0.1, 0.15) is 0 Å². The van der Waals surface area contributed by atoms with E-state index in [1.54, 1.807) is 35.1 Å². The van der Waals surface area contributed by atoms with Gasteiger partial charge in [0, 0.05) is 23.2 Å². The molecule has 0 unspecified atom stereocenters. The van der Waals surface area contributed by atoms with E-state index in [-0.39, 0.29) is 0 Å². The Bertz CT molecular complexity index is 977. The van der Waals surface area contributed by atoms with Gasteiger partial charge in [-0.3, -0.25) is 0 Å². The summed E-state index contributed by atoms with van der Waals surface area (Å²) in [6.45, 7) is 0. The summed E-state index contributed by atoms with van der Waals surface area (Å²) in [5, 5.41) is 5.67. The van der Waals surface area contributed by atoms with E-state index in [0.29, 0.717) is 0 Å². The molecule has 1 aliphatic heterocycles. The van der Waals surface area contributed by atoms with Gasteiger partial charge in [-0.05, 0) is 0 Å². The van der Waals surface area contributed by atoms with Crippen molar-refractivity contribution in [1.82, 2.24) is 18.7 Å². The van der Waals surface area contributed by atoms with Crippen molar-refractivity contribution >= 4 is 68.2 Å². The number of hydrogen-bond donors (Lipinski definition) is 0. The Morgan fingerprint density at radius 1 is 0.727 bits per heavy atom. The molecule has 0 radical (unpaired) electrons. The van der Waals surface area contributed by atoms with Gasteiger partial charge in [0.2, 0.25) is 0 Å². The predicted molar refractivity (Wildman–Crippen MR) is 91.2 cm³/mol. The van der Waals surface area contributed by atoms with Gasteiger partial charge < -0.3 is 0 Å². The molecule has 0 amide bonds. The molecule has 106 valence electrons. The number of benzene rings is 1. The summed E-state index contributed by atoms with van der Waals surface area (Å²) in [4.78, 5) is 8.84. The zero-order valence-electron chi connectivity index (χ0n) is 10.6. The minimum atomic E-state index is 0.824. The van der Waals surface area contributed by atoms with Crippen LogP contribution in [0.2, 0.25) is 0 Å². The molecular formula is C12H4N6S4. The lowest BCUT2D eigenvalue weighted by molar-refractivity contribution is 1.39. The second-order valence-corrected chi connectivity index (χ2v) is 7.19. The van der Waals surface area contributed by atoms with E-state index >= 15 is 0 Å². The van der Waals surface area contributed by atoms with E-state index in [4.69, 9.17) is 0 Å². The molecule has 0 N–H and O–H groups in total. The summed E-state index contributed by atoms with van der Waals surface area (Å²) in [7, 11) is 0. The van der Waals surface area contributed by atoms with Crippen LogP contribution in [-0.2, 0) is 11.4 Å². The fourth-order valence-electron chi connectivity index (χ4n) is 2.36. The third-order valence-corrected chi connectivity index (χ3v) is 5.85. The topological polar surface area (TPSA) is 76.3 Å². The van der Waals surface area contributed by atoms with Crippen molar-refractivity contribution in [2.45, 2.75) is 0 Å². The monoisotopic (exact) mass is 360 g/mol. The SMILES string of the molecule is c1csc(-c2c3c(c(-c4nccs4)c4nsnc24)N=S=N3)n1. The van der Waals surface area contributed by atoms with Crippen LogP contribution in [-0.4, -0.2) is 18.7 Å². The van der Waals surface area contributed by atoms with Crippen LogP contribution in [0.25, 0.3) is 32.2 Å². The summed E-state index contributed by atoms with van der Waals surface area (Å²) in [6.07, 6.45) is 3.57. The lowest BCUT2D eigenvalue weighted by Gasteiger charge is -2.07. The molecule has 5 rings (SSSR count). The van der Waals surface area contributed by atoms with Gasteiger partial charge in [-0.25, -0.2) is 9.97 Å². The quantitative estimate of drug-likeness (QED) is 0.458. The van der Waals surface area contributed by atoms with E-state index in [2.05, 4.69) is 27.4 Å². The van der Waals surface area contributed by atoms with E-state index in [9.17, 15) is 0 Å². The van der Waals surface area contributed by atoms with Crippen LogP contribution in [0.3, 0.4) is 0 Å². The van der Waals surface area contributed by atoms with Gasteiger partial charge in [-0.1, -0.05) is 0 Å². The van der Waals surface area contributed by atoms with E-state index < -0.39 is 0 Å². The van der Waals surface area contributed by atoms with Crippen molar-refractivity contribution < 1.29 is 0 Å². The minimum Gasteiger partial charge on any atom is -0.244 e. The van der Waals surface area contributed by atoms with E-state index in [1.807, 2.05) is 10.8 Å². The van der Waals surface area contributed by atoms with Crippen LogP contribution >= 0.6 is 34.4 Å². The number of hydrogen-bond acceptors (Lipinski definition) is 9. The van der Waals surface area contributed by atoms with Crippen LogP contribution in [0.5, 0.6) is 0 Å². The molecule has 0 atom stereocenters. The molecule has 1 aliphatic rings. The first kappa shape index (κ1) is 12.6. The van der Waals surface area contributed by atoms with Gasteiger partial charge >= 0.3 is 0 Å². The molecular weight excluding hydrogens is 356 g/mol. The second-order valence-electron chi connectivity index (χ2n) is 4.35. The van der Waals surface area contributed by atoms with Crippen LogP contribution < -0.4 is 0 Å². The molecule has 4 aromatic rings. The van der Waals surface area contributed by atoms with Crippen molar-refractivity contribution in [3.8, 4) is 21.1 Å². The van der Waals surface area contributed by atoms with Crippen LogP contribution in [0, 0.1) is 0 Å². The molecule has 0 aliphatic carbocycles. The highest BCUT2D eigenvalue weighted by molar-refractivity contribution is 7.58. The number of thiazole rings is 2. The molecule has 0 fully saturated rings. The first-order chi connectivity index (χ1) is 10.9. The number of nitrogens with zero attached hydrogens (tertiary/aromatic N) is 6. The van der Waals surface area contributed by atoms with Gasteiger partial charge in [0.15, 0.2) is 0 Å². The molecule has 4 heterocycles. The number of fused-ring (bicyclic) bond motifs is 2. The third kappa shape index (κ3) is 1.69. The molecule has 22 heavy (non-hydrogen) atoms. The molecule has 6 nitrogen and oxygen atoms in total. The largest absolute Gasteiger partial charge is 0.244 e. The van der Waals surface area contributed by atoms with Gasteiger partial charge in [0.05, 0.1) is 34.2 Å². The predicted octanol–water partition coefficient (Wildman–Crippen LogP) is 4.66. The van der Waals surface area contributed by atoms with Gasteiger partial charge in [-0.15, -0.1) is 22.7 Å². The maximum Gasteiger partial charge on any atom is 0.127 e. The number of aromatic nitrogens is 4. The summed E-state index contributed by atoms with van der Waals surface area (Å²) >= 11 is 5.51. The summed E-state index contributed by atoms with van der Waals surface area (Å²) in [5.74, 6) is 0. The maximum absolute atomic E-state index is 4.49. The Labute approximate surface area is 139 Å². The Hall–Kier alpha value is -1.88. The van der Waals surface area contributed by atoms with Crippen molar-refractivity contribution in [1.29, 1.82) is 0 Å². The van der Waals surface area contributed by atoms with Gasteiger partial charge in [0.25, 0.3) is 0 Å². The van der Waals surface area contributed by atoms with E-state index in [0.717, 1.165) is 43.6 Å². The zero-order valence-corrected chi connectivity index (χ0v) is 13.9. The fraction of sp³-hybridized carbons (Fsp3) is 0. The van der Waals surface area contributed by atoms with Crippen LogP contribution in [0.15, 0.2) is 31.9 Å². The maximum atomic E-state index is 4.49. The zero-order chi connectivity index (χ0) is 14.5. The Morgan fingerprint density at radius 3 is 1.73 bits per heavy atom. The Balaban J connectivity index is 1.97. The summed E-state index contributed by atoms with van der Waals surface area (Å²) in [5.41, 5.74) is 5.14. The highest BCUT2D eigenvalue weighted by Crippen LogP contribution is 2.52. The Kier molecular flexibility index (Phi) is 2.77. The van der Waals surface area contributed by atoms with Crippen molar-refractivity contribution in [3.05, 3.63) is 23.2 Å². The van der Waals surface area contributed by atoms with E-state index in [1.165, 1.54) is 23.1 Å². The molecule has 3 aromatic heterocycles. The average molecular weight is 360 g/mol. The van der Waals surface area contributed by atoms with Crippen LogP contribution in [0.4, 0.5) is 11.4 Å². The molecule has 0 saturated carbocycles. The van der Waals surface area contributed by atoms with Crippen molar-refractivity contribution in [3.63, 3.8) is 0 Å². The first-order valence-electron chi connectivity index (χ1n) is 6.13. The van der Waals surface area contributed by atoms with Gasteiger partial charge in [0.1, 0.15) is 32.4 Å². The highest BCUT2D eigenvalue weighted by Gasteiger charge is 2.27. The molecule has 10 heteroatoms. The normalized spacial score (nSPS) is 12.7. The van der Waals surface area contributed by atoms with Crippen molar-refractivity contribution in [2.75, 3.05) is 0 Å². The lowest BCUT2D eigenvalue weighted by atomic mass is 10.0. The minimum absolute atomic E-state index is 0.824. The summed E-state index contributed by atoms with van der Waals surface area (Å²) < 4.78 is 17.9. The first-order valence-corrected chi connectivity index (χ1v) is 9.35. The lowest BCUT2D eigenvalue weighted by Crippen LogP contribution is -1.87. The van der Waals surface area contributed by atoms with Crippen molar-refractivity contribution in [2.24, 2.45) is 8.73 Å². The number of rotatable bonds is 2. The average Bonchev–Trinajstić information content (AvgIpc) is 3.29. The standard InChI is InChI=1S/C12H4N6S4/c1-3-19-11(13-1)5-7-9(17-21-15-7)6(12-14-2-4-20-12)10-8(5)16-22-18-10/h1-4H. The smallest absolute Gasteiger partial charge is 0.127 e. The molecule has 0 spiro atoms. The Morgan fingerprint density at radius 2 is 1.27 bits per heavy atom.